The van der Waals surface area contributed by atoms with E-state index in [-0.39, 0.29) is 11.8 Å². The van der Waals surface area contributed by atoms with Crippen LogP contribution in [0, 0.1) is 0 Å². The molecule has 0 unspecified atom stereocenters. The fourth-order valence-corrected chi connectivity index (χ4v) is 2.27. The third-order valence-corrected chi connectivity index (χ3v) is 3.25. The van der Waals surface area contributed by atoms with E-state index in [1.165, 1.54) is 6.92 Å². The number of hydrogen-bond acceptors (Lipinski definition) is 4. The van der Waals surface area contributed by atoms with Crippen molar-refractivity contribution in [1.29, 1.82) is 0 Å². The van der Waals surface area contributed by atoms with Crippen molar-refractivity contribution in [3.05, 3.63) is 48.0 Å². The maximum absolute atomic E-state index is 12.4. The Balaban J connectivity index is 2.17. The quantitative estimate of drug-likeness (QED) is 0.804. The van der Waals surface area contributed by atoms with Crippen molar-refractivity contribution in [2.45, 2.75) is 20.8 Å². The molecule has 6 nitrogen and oxygen atoms in total. The Morgan fingerprint density at radius 3 is 2.24 bits per heavy atom. The minimum Gasteiger partial charge on any atom is -0.490 e. The second-order valence-electron chi connectivity index (χ2n) is 5.24. The number of ether oxygens (including phenoxy) is 2. The van der Waals surface area contributed by atoms with E-state index in [0.717, 1.165) is 0 Å². The minimum atomic E-state index is -0.279. The second-order valence-corrected chi connectivity index (χ2v) is 5.24. The van der Waals surface area contributed by atoms with Crippen LogP contribution >= 0.6 is 0 Å². The highest BCUT2D eigenvalue weighted by Crippen LogP contribution is 2.30. The summed E-state index contributed by atoms with van der Waals surface area (Å²) in [5.74, 6) is 0.744. The van der Waals surface area contributed by atoms with Gasteiger partial charge in [0.05, 0.1) is 13.2 Å². The molecule has 25 heavy (non-hydrogen) atoms. The molecule has 0 saturated carbocycles. The molecule has 0 atom stereocenters. The predicted octanol–water partition coefficient (Wildman–Crippen LogP) is 3.69. The highest BCUT2D eigenvalue weighted by molar-refractivity contribution is 6.05. The van der Waals surface area contributed by atoms with Crippen LogP contribution in [0.5, 0.6) is 11.5 Å². The van der Waals surface area contributed by atoms with Crippen molar-refractivity contribution < 1.29 is 19.1 Å². The molecule has 2 aromatic carbocycles. The fraction of sp³-hybridized carbons (Fsp3) is 0.263. The summed E-state index contributed by atoms with van der Waals surface area (Å²) in [5, 5.41) is 5.48. The predicted molar refractivity (Wildman–Crippen MR) is 97.5 cm³/mol. The van der Waals surface area contributed by atoms with E-state index >= 15 is 0 Å². The van der Waals surface area contributed by atoms with E-state index in [1.54, 1.807) is 42.5 Å². The SMILES string of the molecule is CCOc1ccc(NC(=O)c2cccc(NC(C)=O)c2)cc1OCC. The second kappa shape index (κ2) is 8.73. The molecule has 6 heteroatoms. The monoisotopic (exact) mass is 342 g/mol. The molecule has 132 valence electrons. The highest BCUT2D eigenvalue weighted by atomic mass is 16.5. The highest BCUT2D eigenvalue weighted by Gasteiger charge is 2.11. The first-order valence-electron chi connectivity index (χ1n) is 8.12. The first kappa shape index (κ1) is 18.3. The third kappa shape index (κ3) is 5.24. The van der Waals surface area contributed by atoms with Gasteiger partial charge in [-0.25, -0.2) is 0 Å². The molecule has 0 aromatic heterocycles. The van der Waals surface area contributed by atoms with Crippen LogP contribution < -0.4 is 20.1 Å². The van der Waals surface area contributed by atoms with Crippen molar-refractivity contribution >= 4 is 23.2 Å². The van der Waals surface area contributed by atoms with Crippen molar-refractivity contribution in [2.75, 3.05) is 23.8 Å². The zero-order valence-electron chi connectivity index (χ0n) is 14.6. The Labute approximate surface area is 147 Å². The normalized spacial score (nSPS) is 10.0. The third-order valence-electron chi connectivity index (χ3n) is 3.25. The van der Waals surface area contributed by atoms with Crippen molar-refractivity contribution in [2.24, 2.45) is 0 Å². The number of anilines is 2. The maximum Gasteiger partial charge on any atom is 0.255 e. The van der Waals surface area contributed by atoms with Gasteiger partial charge in [-0.2, -0.15) is 0 Å². The molecular weight excluding hydrogens is 320 g/mol. The number of amides is 2. The molecule has 2 amide bonds. The van der Waals surface area contributed by atoms with Gasteiger partial charge in [0.2, 0.25) is 5.91 Å². The van der Waals surface area contributed by atoms with E-state index in [0.29, 0.717) is 41.7 Å². The van der Waals surface area contributed by atoms with Gasteiger partial charge in [0.25, 0.3) is 5.91 Å². The van der Waals surface area contributed by atoms with Gasteiger partial charge in [-0.3, -0.25) is 9.59 Å². The van der Waals surface area contributed by atoms with Crippen molar-refractivity contribution in [1.82, 2.24) is 0 Å². The van der Waals surface area contributed by atoms with E-state index in [1.807, 2.05) is 13.8 Å². The Hall–Kier alpha value is -3.02. The van der Waals surface area contributed by atoms with Crippen LogP contribution in [-0.2, 0) is 4.79 Å². The molecule has 0 spiro atoms. The molecule has 0 aliphatic carbocycles. The summed E-state index contributed by atoms with van der Waals surface area (Å²) in [4.78, 5) is 23.6. The summed E-state index contributed by atoms with van der Waals surface area (Å²) in [6.45, 7) is 6.22. The van der Waals surface area contributed by atoms with Crippen LogP contribution in [0.15, 0.2) is 42.5 Å². The number of nitrogens with one attached hydrogen (secondary N) is 2. The van der Waals surface area contributed by atoms with Gasteiger partial charge in [-0.1, -0.05) is 6.07 Å². The molecule has 2 N–H and O–H groups in total. The molecule has 0 fully saturated rings. The maximum atomic E-state index is 12.4. The Morgan fingerprint density at radius 1 is 0.880 bits per heavy atom. The van der Waals surface area contributed by atoms with Crippen LogP contribution in [0.4, 0.5) is 11.4 Å². The van der Waals surface area contributed by atoms with Gasteiger partial charge in [-0.05, 0) is 44.2 Å². The average molecular weight is 342 g/mol. The number of rotatable bonds is 7. The Kier molecular flexibility index (Phi) is 6.39. The molecule has 2 rings (SSSR count). The smallest absolute Gasteiger partial charge is 0.255 e. The molecule has 0 radical (unpaired) electrons. The average Bonchev–Trinajstić information content (AvgIpc) is 2.57. The van der Waals surface area contributed by atoms with E-state index in [9.17, 15) is 9.59 Å². The summed E-state index contributed by atoms with van der Waals surface area (Å²) in [5.41, 5.74) is 1.61. The minimum absolute atomic E-state index is 0.189. The lowest BCUT2D eigenvalue weighted by Crippen LogP contribution is -2.13. The Bertz CT molecular complexity index is 759. The lowest BCUT2D eigenvalue weighted by Gasteiger charge is -2.13. The largest absolute Gasteiger partial charge is 0.490 e. The first-order valence-corrected chi connectivity index (χ1v) is 8.12. The van der Waals surface area contributed by atoms with Gasteiger partial charge in [-0.15, -0.1) is 0 Å². The van der Waals surface area contributed by atoms with Gasteiger partial charge in [0.1, 0.15) is 0 Å². The van der Waals surface area contributed by atoms with Crippen LogP contribution in [0.3, 0.4) is 0 Å². The van der Waals surface area contributed by atoms with Crippen LogP contribution in [0.2, 0.25) is 0 Å². The number of carbonyl (C=O) groups is 2. The summed E-state index contributed by atoms with van der Waals surface area (Å²) < 4.78 is 11.1. The zero-order valence-corrected chi connectivity index (χ0v) is 14.6. The van der Waals surface area contributed by atoms with Crippen LogP contribution in [-0.4, -0.2) is 25.0 Å². The summed E-state index contributed by atoms with van der Waals surface area (Å²) in [7, 11) is 0. The van der Waals surface area contributed by atoms with Gasteiger partial charge in [0.15, 0.2) is 11.5 Å². The van der Waals surface area contributed by atoms with Gasteiger partial charge >= 0.3 is 0 Å². The van der Waals surface area contributed by atoms with Crippen LogP contribution in [0.25, 0.3) is 0 Å². The number of carbonyl (C=O) groups excluding carboxylic acids is 2. The molecule has 0 saturated heterocycles. The summed E-state index contributed by atoms with van der Waals surface area (Å²) in [6, 6.07) is 12.0. The van der Waals surface area contributed by atoms with Crippen molar-refractivity contribution in [3.63, 3.8) is 0 Å². The van der Waals surface area contributed by atoms with E-state index < -0.39 is 0 Å². The number of hydrogen-bond donors (Lipinski definition) is 2. The van der Waals surface area contributed by atoms with E-state index in [4.69, 9.17) is 9.47 Å². The van der Waals surface area contributed by atoms with Crippen LogP contribution in [0.1, 0.15) is 31.1 Å². The summed E-state index contributed by atoms with van der Waals surface area (Å²) >= 11 is 0. The molecular formula is C19H22N2O4. The summed E-state index contributed by atoms with van der Waals surface area (Å²) in [6.07, 6.45) is 0. The van der Waals surface area contributed by atoms with E-state index in [2.05, 4.69) is 10.6 Å². The zero-order chi connectivity index (χ0) is 18.2. The molecule has 0 aliphatic heterocycles. The molecule has 0 aliphatic rings. The molecule has 2 aromatic rings. The van der Waals surface area contributed by atoms with Gasteiger partial charge in [0, 0.05) is 29.9 Å². The van der Waals surface area contributed by atoms with Gasteiger partial charge < -0.3 is 20.1 Å². The van der Waals surface area contributed by atoms with Crippen molar-refractivity contribution in [3.8, 4) is 11.5 Å². The lowest BCUT2D eigenvalue weighted by molar-refractivity contribution is -0.114. The standard InChI is InChI=1S/C19H22N2O4/c1-4-24-17-10-9-16(12-18(17)25-5-2)21-19(23)14-7-6-8-15(11-14)20-13(3)22/h6-12H,4-5H2,1-3H3,(H,20,22)(H,21,23). The first-order chi connectivity index (χ1) is 12.0. The fourth-order valence-electron chi connectivity index (χ4n) is 2.27. The number of benzene rings is 2. The molecule has 0 heterocycles. The topological polar surface area (TPSA) is 76.7 Å². The molecule has 0 bridgehead atoms. The Morgan fingerprint density at radius 2 is 1.56 bits per heavy atom. The lowest BCUT2D eigenvalue weighted by atomic mass is 10.1.